The second kappa shape index (κ2) is 3.94. The lowest BCUT2D eigenvalue weighted by Gasteiger charge is -2.05. The average Bonchev–Trinajstić information content (AvgIpc) is 2.01. The van der Waals surface area contributed by atoms with Crippen molar-refractivity contribution in [3.05, 3.63) is 23.8 Å². The first-order chi connectivity index (χ1) is 6.11. The van der Waals surface area contributed by atoms with Crippen LogP contribution in [0.3, 0.4) is 0 Å². The molecular formula is C10H12O3. The van der Waals surface area contributed by atoms with Gasteiger partial charge in [0, 0.05) is 13.0 Å². The van der Waals surface area contributed by atoms with Crippen molar-refractivity contribution in [2.45, 2.75) is 13.8 Å². The zero-order valence-corrected chi connectivity index (χ0v) is 7.96. The maximum absolute atomic E-state index is 10.7. The van der Waals surface area contributed by atoms with Crippen molar-refractivity contribution in [2.75, 3.05) is 7.11 Å². The van der Waals surface area contributed by atoms with Crippen molar-refractivity contribution in [3.63, 3.8) is 0 Å². The van der Waals surface area contributed by atoms with Gasteiger partial charge in [-0.15, -0.1) is 0 Å². The van der Waals surface area contributed by atoms with Crippen LogP contribution in [-0.2, 0) is 4.79 Å². The monoisotopic (exact) mass is 180 g/mol. The molecule has 70 valence electrons. The summed E-state index contributed by atoms with van der Waals surface area (Å²) in [5.74, 6) is 0.883. The highest BCUT2D eigenvalue weighted by molar-refractivity contribution is 5.69. The highest BCUT2D eigenvalue weighted by Gasteiger charge is 2.01. The fourth-order valence-electron chi connectivity index (χ4n) is 1.06. The molecule has 0 saturated carbocycles. The number of esters is 1. The van der Waals surface area contributed by atoms with Gasteiger partial charge in [0.05, 0.1) is 7.11 Å². The summed E-state index contributed by atoms with van der Waals surface area (Å²) >= 11 is 0. The number of benzene rings is 1. The normalized spacial score (nSPS) is 9.46. The maximum Gasteiger partial charge on any atom is 0.308 e. The molecule has 0 saturated heterocycles. The van der Waals surface area contributed by atoms with Gasteiger partial charge in [0.1, 0.15) is 11.5 Å². The van der Waals surface area contributed by atoms with Crippen LogP contribution in [0.1, 0.15) is 12.5 Å². The number of carbonyl (C=O) groups excluding carboxylic acids is 1. The van der Waals surface area contributed by atoms with Crippen LogP contribution in [0.2, 0.25) is 0 Å². The van der Waals surface area contributed by atoms with Crippen molar-refractivity contribution in [2.24, 2.45) is 0 Å². The molecule has 3 nitrogen and oxygen atoms in total. The van der Waals surface area contributed by atoms with E-state index in [1.54, 1.807) is 19.2 Å². The van der Waals surface area contributed by atoms with E-state index in [2.05, 4.69) is 0 Å². The van der Waals surface area contributed by atoms with Crippen LogP contribution in [0.5, 0.6) is 11.5 Å². The van der Waals surface area contributed by atoms with Gasteiger partial charge in [-0.3, -0.25) is 4.79 Å². The first-order valence-electron chi connectivity index (χ1n) is 3.96. The molecule has 0 radical (unpaired) electrons. The average molecular weight is 180 g/mol. The summed E-state index contributed by atoms with van der Waals surface area (Å²) in [4.78, 5) is 10.7. The van der Waals surface area contributed by atoms with Gasteiger partial charge in [0.15, 0.2) is 0 Å². The smallest absolute Gasteiger partial charge is 0.308 e. The summed E-state index contributed by atoms with van der Waals surface area (Å²) < 4.78 is 9.94. The van der Waals surface area contributed by atoms with E-state index in [9.17, 15) is 4.79 Å². The Kier molecular flexibility index (Phi) is 2.90. The van der Waals surface area contributed by atoms with Crippen molar-refractivity contribution >= 4 is 5.97 Å². The minimum atomic E-state index is -0.326. The summed E-state index contributed by atoms with van der Waals surface area (Å²) in [6, 6.07) is 5.32. The predicted molar refractivity (Wildman–Crippen MR) is 49.0 cm³/mol. The molecule has 0 aromatic heterocycles. The number of aryl methyl sites for hydroxylation is 1. The van der Waals surface area contributed by atoms with Crippen LogP contribution in [-0.4, -0.2) is 13.1 Å². The molecule has 0 aliphatic heterocycles. The van der Waals surface area contributed by atoms with E-state index in [0.29, 0.717) is 11.5 Å². The summed E-state index contributed by atoms with van der Waals surface area (Å²) in [6.07, 6.45) is 0. The molecule has 3 heteroatoms. The van der Waals surface area contributed by atoms with Gasteiger partial charge in [0.25, 0.3) is 0 Å². The summed E-state index contributed by atoms with van der Waals surface area (Å²) in [5.41, 5.74) is 0.996. The molecule has 0 spiro atoms. The van der Waals surface area contributed by atoms with Crippen LogP contribution in [0.15, 0.2) is 18.2 Å². The van der Waals surface area contributed by atoms with E-state index in [1.807, 2.05) is 13.0 Å². The topological polar surface area (TPSA) is 35.5 Å². The fourth-order valence-corrected chi connectivity index (χ4v) is 1.06. The van der Waals surface area contributed by atoms with E-state index >= 15 is 0 Å². The van der Waals surface area contributed by atoms with Gasteiger partial charge in [-0.05, 0) is 24.6 Å². The van der Waals surface area contributed by atoms with Crippen LogP contribution in [0.4, 0.5) is 0 Å². The Morgan fingerprint density at radius 2 is 1.85 bits per heavy atom. The van der Waals surface area contributed by atoms with Crippen LogP contribution in [0.25, 0.3) is 0 Å². The Morgan fingerprint density at radius 3 is 2.38 bits per heavy atom. The highest BCUT2D eigenvalue weighted by Crippen LogP contribution is 2.22. The molecule has 0 heterocycles. The van der Waals surface area contributed by atoms with Gasteiger partial charge in [-0.25, -0.2) is 0 Å². The Labute approximate surface area is 77.3 Å². The number of hydrogen-bond acceptors (Lipinski definition) is 3. The summed E-state index contributed by atoms with van der Waals surface area (Å²) in [7, 11) is 1.58. The molecule has 0 amide bonds. The van der Waals surface area contributed by atoms with E-state index < -0.39 is 0 Å². The highest BCUT2D eigenvalue weighted by atomic mass is 16.5. The molecule has 0 aliphatic carbocycles. The van der Waals surface area contributed by atoms with E-state index in [4.69, 9.17) is 9.47 Å². The molecule has 0 atom stereocenters. The number of ether oxygens (including phenoxy) is 2. The third-order valence-electron chi connectivity index (χ3n) is 1.52. The zero-order valence-electron chi connectivity index (χ0n) is 7.96. The van der Waals surface area contributed by atoms with Crippen LogP contribution < -0.4 is 9.47 Å². The summed E-state index contributed by atoms with van der Waals surface area (Å²) in [5, 5.41) is 0. The number of carbonyl (C=O) groups is 1. The van der Waals surface area contributed by atoms with Crippen LogP contribution >= 0.6 is 0 Å². The predicted octanol–water partition coefficient (Wildman–Crippen LogP) is 1.93. The number of rotatable bonds is 2. The second-order valence-electron chi connectivity index (χ2n) is 2.78. The van der Waals surface area contributed by atoms with Crippen molar-refractivity contribution in [1.82, 2.24) is 0 Å². The standard InChI is InChI=1S/C10H12O3/c1-7-4-9(12-3)6-10(5-7)13-8(2)11/h4-6H,1-3H3. The lowest BCUT2D eigenvalue weighted by molar-refractivity contribution is -0.131. The Bertz CT molecular complexity index is 318. The first kappa shape index (κ1) is 9.58. The molecule has 0 unspecified atom stereocenters. The van der Waals surface area contributed by atoms with Gasteiger partial charge in [-0.1, -0.05) is 0 Å². The molecule has 0 N–H and O–H groups in total. The molecule has 0 fully saturated rings. The Balaban J connectivity index is 2.94. The third-order valence-corrected chi connectivity index (χ3v) is 1.52. The second-order valence-corrected chi connectivity index (χ2v) is 2.78. The third kappa shape index (κ3) is 2.78. The molecule has 13 heavy (non-hydrogen) atoms. The van der Waals surface area contributed by atoms with Crippen molar-refractivity contribution in [3.8, 4) is 11.5 Å². The van der Waals surface area contributed by atoms with Gasteiger partial charge >= 0.3 is 5.97 Å². The van der Waals surface area contributed by atoms with Crippen LogP contribution in [0, 0.1) is 6.92 Å². The molecule has 1 rings (SSSR count). The fraction of sp³-hybridized carbons (Fsp3) is 0.300. The Hall–Kier alpha value is -1.51. The summed E-state index contributed by atoms with van der Waals surface area (Å²) in [6.45, 7) is 3.28. The SMILES string of the molecule is COc1cc(C)cc(OC(C)=O)c1. The lowest BCUT2D eigenvalue weighted by atomic mass is 10.2. The van der Waals surface area contributed by atoms with E-state index in [0.717, 1.165) is 5.56 Å². The Morgan fingerprint density at radius 1 is 1.23 bits per heavy atom. The number of hydrogen-bond donors (Lipinski definition) is 0. The van der Waals surface area contributed by atoms with Gasteiger partial charge < -0.3 is 9.47 Å². The molecule has 1 aromatic rings. The molecule has 0 aliphatic rings. The zero-order chi connectivity index (χ0) is 9.84. The van der Waals surface area contributed by atoms with Gasteiger partial charge in [0.2, 0.25) is 0 Å². The maximum atomic E-state index is 10.7. The number of methoxy groups -OCH3 is 1. The minimum absolute atomic E-state index is 0.326. The van der Waals surface area contributed by atoms with E-state index in [-0.39, 0.29) is 5.97 Å². The van der Waals surface area contributed by atoms with E-state index in [1.165, 1.54) is 6.92 Å². The van der Waals surface area contributed by atoms with Crippen molar-refractivity contribution in [1.29, 1.82) is 0 Å². The lowest BCUT2D eigenvalue weighted by Crippen LogP contribution is -2.01. The molecule has 0 bridgehead atoms. The first-order valence-corrected chi connectivity index (χ1v) is 3.96. The largest absolute Gasteiger partial charge is 0.497 e. The molecular weight excluding hydrogens is 168 g/mol. The molecule has 1 aromatic carbocycles. The van der Waals surface area contributed by atoms with Gasteiger partial charge in [-0.2, -0.15) is 0 Å². The quantitative estimate of drug-likeness (QED) is 0.515. The van der Waals surface area contributed by atoms with Crippen molar-refractivity contribution < 1.29 is 14.3 Å². The minimum Gasteiger partial charge on any atom is -0.497 e.